The molecule has 0 aromatic heterocycles. The molecule has 2 aliphatic heterocycles. The number of amides is 2. The van der Waals surface area contributed by atoms with Crippen molar-refractivity contribution in [3.8, 4) is 0 Å². The van der Waals surface area contributed by atoms with Crippen LogP contribution in [0.3, 0.4) is 0 Å². The summed E-state index contributed by atoms with van der Waals surface area (Å²) in [5.41, 5.74) is 1.78. The number of nitrogens with zero attached hydrogens (tertiary/aromatic N) is 2. The minimum absolute atomic E-state index is 0.0404. The van der Waals surface area contributed by atoms with Gasteiger partial charge in [-0.05, 0) is 0 Å². The van der Waals surface area contributed by atoms with Crippen molar-refractivity contribution in [3.63, 3.8) is 0 Å². The first kappa shape index (κ1) is 27.2. The molecule has 2 amide bonds. The first-order valence-electron chi connectivity index (χ1n) is 13.3. The van der Waals surface area contributed by atoms with Crippen LogP contribution >= 0.6 is 19.8 Å². The summed E-state index contributed by atoms with van der Waals surface area (Å²) in [6.07, 6.45) is 12.6. The third-order valence-electron chi connectivity index (χ3n) is 7.70. The predicted molar refractivity (Wildman–Crippen MR) is 149 cm³/mol. The normalized spacial score (nSPS) is 26.7. The molecule has 36 heavy (non-hydrogen) atoms. The Hall–Kier alpha value is -1.84. The van der Waals surface area contributed by atoms with Gasteiger partial charge in [0.25, 0.3) is 0 Å². The number of hydrogen-bond donors (Lipinski definition) is 1. The Morgan fingerprint density at radius 3 is 2.50 bits per heavy atom. The maximum absolute atomic E-state index is 14.0. The predicted octanol–water partition coefficient (Wildman–Crippen LogP) is 5.94. The third kappa shape index (κ3) is 6.72. The minimum atomic E-state index is -1.08. The number of allylic oxidation sites excluding steroid dienone is 5. The SMILES string of the molecule is CCOC(=O)N1CCC(I2CCC(CN(C(=O)C3C=CC(O)=CC3)C3=C(C)CC(F)C=C3)CC2)CC1. The Kier molecular flexibility index (Phi) is 9.52. The van der Waals surface area contributed by atoms with E-state index in [1.807, 2.05) is 23.6 Å². The van der Waals surface area contributed by atoms with Crippen molar-refractivity contribution in [1.82, 2.24) is 9.80 Å². The molecule has 0 radical (unpaired) electrons. The molecule has 2 atom stereocenters. The van der Waals surface area contributed by atoms with Gasteiger partial charge in [0, 0.05) is 0 Å². The van der Waals surface area contributed by atoms with E-state index in [-0.39, 0.29) is 23.7 Å². The van der Waals surface area contributed by atoms with Gasteiger partial charge in [-0.3, -0.25) is 0 Å². The molecule has 2 saturated heterocycles. The fourth-order valence-corrected chi connectivity index (χ4v) is 13.5. The molecule has 4 rings (SSSR count). The number of piperidine rings is 1. The number of aliphatic hydroxyl groups excluding tert-OH is 1. The van der Waals surface area contributed by atoms with Crippen LogP contribution in [-0.2, 0) is 9.53 Å². The number of likely N-dealkylation sites (tertiary alicyclic amines) is 1. The monoisotopic (exact) mass is 614 g/mol. The summed E-state index contributed by atoms with van der Waals surface area (Å²) in [6, 6.07) is 0. The van der Waals surface area contributed by atoms with Crippen molar-refractivity contribution >= 4 is 31.8 Å². The van der Waals surface area contributed by atoms with E-state index in [4.69, 9.17) is 4.74 Å². The van der Waals surface area contributed by atoms with E-state index in [9.17, 15) is 19.1 Å². The summed E-state index contributed by atoms with van der Waals surface area (Å²) >= 11 is -1.08. The second-order valence-electron chi connectivity index (χ2n) is 10.2. The topological polar surface area (TPSA) is 70.1 Å². The Balaban J connectivity index is 1.35. The van der Waals surface area contributed by atoms with Crippen molar-refractivity contribution in [1.29, 1.82) is 0 Å². The van der Waals surface area contributed by atoms with Crippen LogP contribution in [0.5, 0.6) is 0 Å². The Morgan fingerprint density at radius 1 is 1.17 bits per heavy atom. The number of halogens is 2. The first-order chi connectivity index (χ1) is 17.4. The van der Waals surface area contributed by atoms with Crippen molar-refractivity contribution < 1.29 is 23.8 Å². The zero-order valence-electron chi connectivity index (χ0n) is 21.5. The molecule has 0 bridgehead atoms. The molecule has 1 N–H and O–H groups in total. The van der Waals surface area contributed by atoms with E-state index < -0.39 is 26.0 Å². The summed E-state index contributed by atoms with van der Waals surface area (Å²) in [6.45, 7) is 6.52. The van der Waals surface area contributed by atoms with Crippen LogP contribution in [0.1, 0.15) is 52.4 Å². The van der Waals surface area contributed by atoms with Gasteiger partial charge in [0.1, 0.15) is 0 Å². The van der Waals surface area contributed by atoms with Gasteiger partial charge in [-0.2, -0.15) is 0 Å². The molecule has 0 saturated carbocycles. The molecular weight excluding hydrogens is 574 g/mol. The average Bonchev–Trinajstić information content (AvgIpc) is 2.88. The maximum atomic E-state index is 14.0. The zero-order valence-corrected chi connectivity index (χ0v) is 23.7. The van der Waals surface area contributed by atoms with E-state index in [0.717, 1.165) is 54.0 Å². The molecule has 8 heteroatoms. The van der Waals surface area contributed by atoms with Crippen LogP contribution in [0.25, 0.3) is 0 Å². The zero-order chi connectivity index (χ0) is 25.7. The Morgan fingerprint density at radius 2 is 1.89 bits per heavy atom. The van der Waals surface area contributed by atoms with Crippen molar-refractivity contribution in [2.45, 2.75) is 62.5 Å². The van der Waals surface area contributed by atoms with Crippen molar-refractivity contribution in [3.05, 3.63) is 47.4 Å². The van der Waals surface area contributed by atoms with Gasteiger partial charge in [0.2, 0.25) is 0 Å². The van der Waals surface area contributed by atoms with Crippen LogP contribution in [0.15, 0.2) is 47.4 Å². The number of aliphatic hydroxyl groups is 1. The average molecular weight is 615 g/mol. The number of alkyl halides is 4. The molecule has 2 aliphatic carbocycles. The van der Waals surface area contributed by atoms with Gasteiger partial charge in [-0.15, -0.1) is 0 Å². The number of rotatable bonds is 6. The number of hydrogen-bond acceptors (Lipinski definition) is 4. The molecule has 0 aromatic carbocycles. The van der Waals surface area contributed by atoms with Gasteiger partial charge >= 0.3 is 222 Å². The van der Waals surface area contributed by atoms with Gasteiger partial charge in [-0.25, -0.2) is 0 Å². The molecule has 0 aromatic rings. The standard InChI is InChI=1S/C28H40FIN2O4/c1-3-36-28(35)31-16-12-24(13-17-31)30-14-10-21(11-15-30)19-32(26-9-6-23(29)18-20(26)2)27(34)22-4-7-25(33)8-5-22/h4,6-9,21-24,33H,3,5,10-19H2,1-2H3. The summed E-state index contributed by atoms with van der Waals surface area (Å²) < 4.78 is 22.5. The molecule has 2 heterocycles. The van der Waals surface area contributed by atoms with Crippen LogP contribution in [-0.4, -0.2) is 72.1 Å². The van der Waals surface area contributed by atoms with E-state index in [1.54, 1.807) is 30.4 Å². The summed E-state index contributed by atoms with van der Waals surface area (Å²) in [5, 5.41) is 9.69. The number of carbonyl (C=O) groups excluding carboxylic acids is 2. The van der Waals surface area contributed by atoms with Gasteiger partial charge in [-0.1, -0.05) is 0 Å². The molecule has 200 valence electrons. The molecule has 0 spiro atoms. The Labute approximate surface area is 221 Å². The van der Waals surface area contributed by atoms with Crippen LogP contribution in [0.4, 0.5) is 9.18 Å². The molecule has 2 unspecified atom stereocenters. The molecule has 4 aliphatic rings. The molecule has 2 fully saturated rings. The van der Waals surface area contributed by atoms with E-state index in [0.29, 0.717) is 31.9 Å². The van der Waals surface area contributed by atoms with E-state index in [1.165, 1.54) is 8.86 Å². The molecule has 6 nitrogen and oxygen atoms in total. The first-order valence-corrected chi connectivity index (χ1v) is 17.6. The fraction of sp³-hybridized carbons (Fsp3) is 0.643. The summed E-state index contributed by atoms with van der Waals surface area (Å²) in [7, 11) is 0. The Bertz CT molecular complexity index is 930. The third-order valence-corrected chi connectivity index (χ3v) is 15.5. The van der Waals surface area contributed by atoms with Crippen LogP contribution in [0.2, 0.25) is 0 Å². The van der Waals surface area contributed by atoms with Crippen LogP contribution in [0, 0.1) is 11.8 Å². The fourth-order valence-electron chi connectivity index (χ4n) is 5.55. The van der Waals surface area contributed by atoms with Gasteiger partial charge in [0.05, 0.1) is 0 Å². The number of ether oxygens (including phenoxy) is 1. The quantitative estimate of drug-likeness (QED) is 0.297. The number of carbonyl (C=O) groups is 2. The van der Waals surface area contributed by atoms with E-state index in [2.05, 4.69) is 0 Å². The second-order valence-corrected chi connectivity index (χ2v) is 17.0. The van der Waals surface area contributed by atoms with Gasteiger partial charge in [0.15, 0.2) is 0 Å². The van der Waals surface area contributed by atoms with Crippen LogP contribution < -0.4 is 0 Å². The second kappa shape index (κ2) is 12.6. The summed E-state index contributed by atoms with van der Waals surface area (Å²) in [5.74, 6) is 0.402. The van der Waals surface area contributed by atoms with Crippen molar-refractivity contribution in [2.24, 2.45) is 11.8 Å². The summed E-state index contributed by atoms with van der Waals surface area (Å²) in [4.78, 5) is 29.4. The van der Waals surface area contributed by atoms with Gasteiger partial charge < -0.3 is 0 Å². The molecular formula is C28H40FIN2O4. The van der Waals surface area contributed by atoms with Crippen molar-refractivity contribution in [2.75, 3.05) is 35.1 Å². The van der Waals surface area contributed by atoms with E-state index >= 15 is 0 Å².